The Morgan fingerprint density at radius 3 is 2.18 bits per heavy atom. The zero-order chi connectivity index (χ0) is 58.0. The quantitative estimate of drug-likeness (QED) is 0.0668. The fraction of sp³-hybridized carbons (Fsp3) is 0.417. The first-order valence-corrected chi connectivity index (χ1v) is 32.1. The number of carbonyl (C=O) groups is 3. The first kappa shape index (κ1) is 59.2. The predicted octanol–water partition coefficient (Wildman–Crippen LogP) is 10.3. The molecule has 5 aromatic carbocycles. The van der Waals surface area contributed by atoms with Crippen molar-refractivity contribution >= 4 is 83.7 Å². The molecule has 0 aromatic heterocycles. The van der Waals surface area contributed by atoms with E-state index in [1.165, 1.54) is 40.6 Å². The van der Waals surface area contributed by atoms with Gasteiger partial charge in [0.1, 0.15) is 4.90 Å². The number of benzene rings is 5. The summed E-state index contributed by atoms with van der Waals surface area (Å²) in [6.07, 6.45) is 5.66. The number of sulfone groups is 1. The molecule has 5 heterocycles. The highest BCUT2D eigenvalue weighted by Crippen LogP contribution is 2.43. The number of hydrogen-bond acceptors (Lipinski definition) is 13. The number of thioether (sulfide) groups is 1. The van der Waals surface area contributed by atoms with Crippen LogP contribution in [0, 0.1) is 5.41 Å². The van der Waals surface area contributed by atoms with E-state index >= 15 is 0 Å². The van der Waals surface area contributed by atoms with Gasteiger partial charge in [-0.15, -0.1) is 11.8 Å². The van der Waals surface area contributed by atoms with E-state index < -0.39 is 58.8 Å². The van der Waals surface area contributed by atoms with Crippen molar-refractivity contribution in [1.29, 1.82) is 0 Å². The third-order valence-electron chi connectivity index (χ3n) is 16.5. The lowest BCUT2D eigenvalue weighted by molar-refractivity contribution is -0.120. The molecule has 3 N–H and O–H groups in total. The molecular formula is C60H68ClF3N8O7S3. The number of piperidine rings is 2. The van der Waals surface area contributed by atoms with Crippen molar-refractivity contribution < 1.29 is 44.4 Å². The summed E-state index contributed by atoms with van der Waals surface area (Å²) in [7, 11) is -11.0. The van der Waals surface area contributed by atoms with Crippen LogP contribution < -0.4 is 25.2 Å². The van der Waals surface area contributed by atoms with Gasteiger partial charge in [0, 0.05) is 123 Å². The second-order valence-electron chi connectivity index (χ2n) is 22.8. The van der Waals surface area contributed by atoms with Crippen molar-refractivity contribution in [2.24, 2.45) is 5.41 Å². The molecular weight excluding hydrogens is 1130 g/mol. The lowest BCUT2D eigenvalue weighted by atomic mass is 9.73. The second-order valence-corrected chi connectivity index (χ2v) is 27.9. The number of alkyl halides is 3. The molecule has 15 nitrogen and oxygen atoms in total. The molecule has 82 heavy (non-hydrogen) atoms. The van der Waals surface area contributed by atoms with E-state index in [-0.39, 0.29) is 35.4 Å². The third-order valence-corrected chi connectivity index (χ3v) is 20.7. The number of rotatable bonds is 19. The molecule has 2 unspecified atom stereocenters. The fourth-order valence-electron chi connectivity index (χ4n) is 12.0. The van der Waals surface area contributed by atoms with Crippen LogP contribution in [0.5, 0.6) is 0 Å². The summed E-state index contributed by atoms with van der Waals surface area (Å²) < 4.78 is 100. The zero-order valence-corrected chi connectivity index (χ0v) is 49.0. The number of sulfonamides is 1. The molecule has 5 aliphatic heterocycles. The highest BCUT2D eigenvalue weighted by Gasteiger charge is 2.49. The van der Waals surface area contributed by atoms with Gasteiger partial charge in [0.2, 0.25) is 5.91 Å². The Labute approximate surface area is 487 Å². The molecule has 2 bridgehead atoms. The van der Waals surface area contributed by atoms with Crippen LogP contribution in [0.2, 0.25) is 5.02 Å². The van der Waals surface area contributed by atoms with Crippen molar-refractivity contribution in [3.63, 3.8) is 0 Å². The number of fused-ring (bicyclic) bond motifs is 3. The molecule has 5 saturated heterocycles. The van der Waals surface area contributed by atoms with E-state index in [9.17, 15) is 44.4 Å². The van der Waals surface area contributed by atoms with E-state index in [1.807, 2.05) is 71.5 Å². The van der Waals surface area contributed by atoms with Crippen LogP contribution in [-0.4, -0.2) is 138 Å². The topological polar surface area (TPSA) is 172 Å². The Kier molecular flexibility index (Phi) is 17.9. The van der Waals surface area contributed by atoms with Gasteiger partial charge in [-0.05, 0) is 140 Å². The molecule has 11 rings (SSSR count). The number of anilines is 3. The Balaban J connectivity index is 0.790. The normalized spacial score (nSPS) is 20.7. The van der Waals surface area contributed by atoms with Crippen LogP contribution in [0.1, 0.15) is 80.3 Å². The van der Waals surface area contributed by atoms with Gasteiger partial charge in [-0.1, -0.05) is 73.5 Å². The van der Waals surface area contributed by atoms with Crippen LogP contribution in [0.3, 0.4) is 0 Å². The summed E-state index contributed by atoms with van der Waals surface area (Å²) in [6, 6.07) is 33.4. The molecule has 3 atom stereocenters. The molecule has 436 valence electrons. The number of piperazine rings is 2. The van der Waals surface area contributed by atoms with E-state index in [0.29, 0.717) is 48.6 Å². The van der Waals surface area contributed by atoms with Crippen LogP contribution in [0.4, 0.5) is 35.0 Å². The fourth-order valence-corrected chi connectivity index (χ4v) is 15.1. The maximum Gasteiger partial charge on any atom is 0.501 e. The molecule has 0 spiro atoms. The molecule has 4 amide bonds. The van der Waals surface area contributed by atoms with Gasteiger partial charge in [0.15, 0.2) is 0 Å². The minimum absolute atomic E-state index is 0.0162. The van der Waals surface area contributed by atoms with Crippen LogP contribution in [-0.2, 0) is 31.2 Å². The third kappa shape index (κ3) is 14.0. The number of urea groups is 1. The summed E-state index contributed by atoms with van der Waals surface area (Å²) in [5.74, 6) is -1.01. The Morgan fingerprint density at radius 2 is 1.50 bits per heavy atom. The standard InChI is InChI=1S/C60H68ClF3N8O7S3/c1-59(2)26-23-53(42-11-15-45(61)16-12-42)44(35-59)37-68-29-31-69(32-30-68)47-17-13-43(14-18-47)57(74)67-82(78,79)52-21-22-54(55(34-52)81(76,77)60(62,63)64)65-46(40-80-51-9-4-3-5-10-51)24-27-70-38-50-20-19-49(70)39-71(50)36-41-7-6-8-48(33-41)72-28-25-56(73)66-58(72)75/h3-18,21-22,33-34,46,49-50,65H,19-20,23-32,35-40H2,1-2H3,(H,67,74)(H,66,73,75)/t46-,49?,50?/m1/s1. The summed E-state index contributed by atoms with van der Waals surface area (Å²) in [4.78, 5) is 47.7. The first-order chi connectivity index (χ1) is 39.1. The predicted molar refractivity (Wildman–Crippen MR) is 315 cm³/mol. The zero-order valence-electron chi connectivity index (χ0n) is 45.8. The van der Waals surface area contributed by atoms with Gasteiger partial charge >= 0.3 is 11.5 Å². The van der Waals surface area contributed by atoms with E-state index in [1.54, 1.807) is 17.0 Å². The maximum atomic E-state index is 14.5. The molecule has 5 aromatic rings. The Morgan fingerprint density at radius 1 is 0.793 bits per heavy atom. The molecule has 5 fully saturated rings. The largest absolute Gasteiger partial charge is 0.501 e. The number of hydrogen-bond donors (Lipinski definition) is 3. The van der Waals surface area contributed by atoms with Crippen molar-refractivity contribution in [1.82, 2.24) is 24.7 Å². The summed E-state index contributed by atoms with van der Waals surface area (Å²) in [5.41, 5.74) is 0.592. The lowest BCUT2D eigenvalue weighted by Crippen LogP contribution is -2.62. The van der Waals surface area contributed by atoms with Crippen molar-refractivity contribution in [3.8, 4) is 0 Å². The van der Waals surface area contributed by atoms with E-state index in [2.05, 4.69) is 56.2 Å². The van der Waals surface area contributed by atoms with Gasteiger partial charge in [0.05, 0.1) is 10.6 Å². The van der Waals surface area contributed by atoms with Crippen LogP contribution >= 0.6 is 23.4 Å². The Bertz CT molecular complexity index is 3420. The van der Waals surface area contributed by atoms with Gasteiger partial charge in [-0.2, -0.15) is 13.2 Å². The summed E-state index contributed by atoms with van der Waals surface area (Å²) in [5, 5.41) is 6.17. The van der Waals surface area contributed by atoms with Gasteiger partial charge < -0.3 is 10.2 Å². The second kappa shape index (κ2) is 24.7. The molecule has 0 saturated carbocycles. The molecule has 6 aliphatic rings. The minimum Gasteiger partial charge on any atom is -0.380 e. The summed E-state index contributed by atoms with van der Waals surface area (Å²) >= 11 is 7.66. The smallest absolute Gasteiger partial charge is 0.380 e. The van der Waals surface area contributed by atoms with E-state index in [4.69, 9.17) is 11.6 Å². The molecule has 0 radical (unpaired) electrons. The molecule has 1 aliphatic carbocycles. The first-order valence-electron chi connectivity index (χ1n) is 27.8. The number of imide groups is 1. The number of halogens is 4. The van der Waals surface area contributed by atoms with Crippen molar-refractivity contribution in [2.75, 3.05) is 79.8 Å². The van der Waals surface area contributed by atoms with Gasteiger partial charge in [-0.25, -0.2) is 26.4 Å². The highest BCUT2D eigenvalue weighted by atomic mass is 35.5. The number of allylic oxidation sites excluding steroid dienone is 1. The Hall–Kier alpha value is -5.94. The van der Waals surface area contributed by atoms with Gasteiger partial charge in [-0.3, -0.25) is 34.5 Å². The average Bonchev–Trinajstić information content (AvgIpc) is 3.37. The SMILES string of the molecule is CC1(C)CCC(c2ccc(Cl)cc2)=C(CN2CCN(c3ccc(C(=O)NS(=O)(=O)c4ccc(N[C@H](CCN5CC6CCC5CN6Cc5cccc(N6CCC(=O)NC6=O)c5)CSc5ccccc5)c(S(=O)(=O)C(F)(F)F)c4)cc3)CC2)C1. The highest BCUT2D eigenvalue weighted by molar-refractivity contribution is 7.99. The monoisotopic (exact) mass is 1200 g/mol. The number of amides is 4. The van der Waals surface area contributed by atoms with E-state index in [0.717, 1.165) is 106 Å². The number of carbonyl (C=O) groups excluding carboxylic acids is 3. The maximum absolute atomic E-state index is 14.5. The average molecular weight is 1200 g/mol. The van der Waals surface area contributed by atoms with Crippen LogP contribution in [0.15, 0.2) is 142 Å². The van der Waals surface area contributed by atoms with Crippen molar-refractivity contribution in [2.45, 2.75) is 104 Å². The molecule has 22 heteroatoms. The van der Waals surface area contributed by atoms with Crippen LogP contribution in [0.25, 0.3) is 5.57 Å². The summed E-state index contributed by atoms with van der Waals surface area (Å²) in [6.45, 7) is 11.5. The minimum atomic E-state index is -6.13. The van der Waals surface area contributed by atoms with Gasteiger partial charge in [0.25, 0.3) is 25.8 Å². The lowest BCUT2D eigenvalue weighted by Gasteiger charge is -2.52. The number of nitrogens with zero attached hydrogens (tertiary/aromatic N) is 5. The van der Waals surface area contributed by atoms with Crippen molar-refractivity contribution in [3.05, 3.63) is 149 Å². The number of nitrogens with one attached hydrogen (secondary N) is 3.